The monoisotopic (exact) mass is 1220 g/mol. The first-order valence-corrected chi connectivity index (χ1v) is 35.8. The molecule has 0 aromatic rings. The molecule has 8 aliphatic carbocycles. The minimum atomic E-state index is 0. The van der Waals surface area contributed by atoms with Gasteiger partial charge in [0, 0.05) is 0 Å². The zero-order valence-electron chi connectivity index (χ0n) is 53.3. The normalized spacial score (nSPS) is 55.5. The summed E-state index contributed by atoms with van der Waals surface area (Å²) >= 11 is 0. The summed E-state index contributed by atoms with van der Waals surface area (Å²) in [6.07, 6.45) is 51.1. The van der Waals surface area contributed by atoms with E-state index in [1.165, 1.54) is 205 Å². The zero-order chi connectivity index (χ0) is 52.4. The number of nitrogens with one attached hydrogen (secondary N) is 16. The van der Waals surface area contributed by atoms with Gasteiger partial charge in [0.2, 0.25) is 0 Å². The van der Waals surface area contributed by atoms with E-state index in [-0.39, 0.29) is 51.2 Å². The van der Waals surface area contributed by atoms with Crippen molar-refractivity contribution < 1.29 is 8.33 Å². The van der Waals surface area contributed by atoms with E-state index in [2.05, 4.69) is 85.1 Å². The van der Waals surface area contributed by atoms with Gasteiger partial charge in [-0.25, -0.2) is 0 Å². The maximum absolute atomic E-state index is 4.26. The molecule has 0 aromatic heterocycles. The second-order valence-corrected chi connectivity index (χ2v) is 31.2. The topological polar surface area (TPSA) is 224 Å². The molecule has 16 bridgehead atoms. The quantitative estimate of drug-likeness (QED) is 0.156. The van der Waals surface area contributed by atoms with Gasteiger partial charge in [-0.1, -0.05) is 103 Å². The van der Waals surface area contributed by atoms with Crippen LogP contribution in [0.2, 0.25) is 0 Å². The fraction of sp³-hybridized carbons (Fsp3) is 1.00. The Balaban J connectivity index is 0.000000158. The van der Waals surface area contributed by atoms with Crippen LogP contribution in [0.15, 0.2) is 0 Å². The van der Waals surface area contributed by atoms with Crippen LogP contribution >= 0.6 is 0 Å². The first-order chi connectivity index (χ1) is 39.6. The molecule has 0 spiro atoms. The van der Waals surface area contributed by atoms with Gasteiger partial charge in [0.25, 0.3) is 0 Å². The van der Waals surface area contributed by atoms with Crippen molar-refractivity contribution in [3.63, 3.8) is 0 Å². The third-order valence-corrected chi connectivity index (χ3v) is 27.6. The molecule has 0 aromatic carbocycles. The summed E-state index contributed by atoms with van der Waals surface area (Å²) in [4.78, 5) is 0. The molecule has 18 fully saturated rings. The molecule has 16 atom stereocenters. The molecule has 10 aliphatic heterocycles. The summed E-state index contributed by atoms with van der Waals surface area (Å²) in [6.45, 7) is 0. The number of hydrogen-bond donors (Lipinski definition) is 16. The average Bonchev–Trinajstić information content (AvgIpc) is 4.45. The van der Waals surface area contributed by atoms with Crippen LogP contribution in [0.3, 0.4) is 0 Å². The van der Waals surface area contributed by atoms with Crippen molar-refractivity contribution in [1.82, 2.24) is 85.1 Å². The predicted molar refractivity (Wildman–Crippen MR) is 334 cm³/mol. The van der Waals surface area contributed by atoms with Gasteiger partial charge in [0.15, 0.2) is 0 Å². The predicted octanol–water partition coefficient (Wildman–Crippen LogP) is 3.31. The largest absolute Gasteiger partial charge is 2.00 e. The van der Waals surface area contributed by atoms with Gasteiger partial charge in [-0.3, -0.25) is 85.1 Å². The summed E-state index contributed by atoms with van der Waals surface area (Å²) in [6, 6.07) is 0. The molecule has 16 unspecified atom stereocenters. The van der Waals surface area contributed by atoms with Gasteiger partial charge in [-0.15, -0.1) is 0 Å². The van der Waals surface area contributed by atoms with Crippen LogP contribution in [0.4, 0.5) is 0 Å². The van der Waals surface area contributed by atoms with E-state index in [0.717, 1.165) is 94.7 Å². The fourth-order valence-corrected chi connectivity index (χ4v) is 23.9. The summed E-state index contributed by atoms with van der Waals surface area (Å²) in [5.74, 6) is 11.9. The van der Waals surface area contributed by atoms with Crippen molar-refractivity contribution in [1.29, 1.82) is 0 Å². The van der Waals surface area contributed by atoms with Gasteiger partial charge in [0.05, 0.1) is 98.7 Å². The average molecular weight is 1220 g/mol. The van der Waals surface area contributed by atoms with E-state index in [4.69, 9.17) is 0 Å². The Morgan fingerprint density at radius 1 is 0.145 bits per heavy atom. The molecule has 18 rings (SSSR count). The van der Waals surface area contributed by atoms with Crippen LogP contribution in [0.5, 0.6) is 0 Å². The minimum Gasteiger partial charge on any atom is -1.00 e. The number of hydrogen-bond acceptors (Lipinski definition) is 16. The van der Waals surface area contributed by atoms with Crippen LogP contribution in [-0.2, 0) is 0 Å². The molecule has 10 heterocycles. The molecule has 10 saturated heterocycles. The Morgan fingerprint density at radius 3 is 0.265 bits per heavy atom. The van der Waals surface area contributed by atoms with Gasteiger partial charge in [-0.05, 0) is 197 Å². The van der Waals surface area contributed by atoms with Gasteiger partial charge in [0.1, 0.15) is 0 Å². The number of rotatable bonds is 0. The second kappa shape index (κ2) is 26.4. The van der Waals surface area contributed by atoms with Crippen molar-refractivity contribution in [2.75, 3.05) is 0 Å². The van der Waals surface area contributed by atoms with E-state index in [1.807, 2.05) is 0 Å². The first-order valence-electron chi connectivity index (χ1n) is 35.8. The molecule has 19 heteroatoms. The van der Waals surface area contributed by atoms with Crippen molar-refractivity contribution in [2.45, 2.75) is 304 Å². The maximum atomic E-state index is 4.26. The maximum Gasteiger partial charge on any atom is 2.00 e. The molecule has 17 nitrogen and oxygen atoms in total. The third-order valence-electron chi connectivity index (χ3n) is 27.6. The van der Waals surface area contributed by atoms with Crippen molar-refractivity contribution >= 4 is 42.8 Å². The fourth-order valence-electron chi connectivity index (χ4n) is 23.9. The Morgan fingerprint density at radius 2 is 0.205 bits per heavy atom. The summed E-state index contributed by atoms with van der Waals surface area (Å²) < 4.78 is 0. The van der Waals surface area contributed by atoms with Crippen molar-refractivity contribution in [3.05, 3.63) is 0 Å². The Kier molecular flexibility index (Phi) is 19.5. The van der Waals surface area contributed by atoms with E-state index < -0.39 is 0 Å². The van der Waals surface area contributed by atoms with Crippen LogP contribution in [0.1, 0.15) is 208 Å². The van der Waals surface area contributed by atoms with Gasteiger partial charge >= 0.3 is 42.8 Å². The van der Waals surface area contributed by atoms with Crippen LogP contribution < -0.4 is 85.1 Å². The van der Waals surface area contributed by atoms with E-state index in [9.17, 15) is 0 Å². The minimum absolute atomic E-state index is 0. The molecule has 0 amide bonds. The first kappa shape index (κ1) is 61.2. The van der Waals surface area contributed by atoms with Gasteiger partial charge in [-0.2, -0.15) is 0 Å². The molecule has 18 aliphatic rings. The van der Waals surface area contributed by atoms with Crippen LogP contribution in [-0.4, -0.2) is 147 Å². The van der Waals surface area contributed by atoms with E-state index >= 15 is 0 Å². The molecule has 1 radical (unpaired) electrons. The van der Waals surface area contributed by atoms with E-state index in [1.54, 1.807) is 0 Å². The van der Waals surface area contributed by atoms with Crippen LogP contribution in [0.25, 0.3) is 0 Å². The standard InChI is InChI=1S/2C32H56N8.Ga.Mg.H2O.4H/c2*1-2-10-18-17(9-1)25-33-26(18)38-28-21-13-5-6-14-22(21)30(35-28)40-32-24-16-8-7-15-23(24)31(36-32)39-29-20-12-4-3-11-19(20)27(34-29)37-25;;;;;;;/h2*17-40H,1-16H2;;;1H2;;;;/q;;;+2;;;;2*-1. The summed E-state index contributed by atoms with van der Waals surface area (Å²) in [7, 11) is 0. The van der Waals surface area contributed by atoms with Crippen LogP contribution in [0, 0.1) is 94.7 Å². The van der Waals surface area contributed by atoms with E-state index in [0.29, 0.717) is 98.7 Å². The Labute approximate surface area is 531 Å². The van der Waals surface area contributed by atoms with Gasteiger partial charge < -0.3 is 8.33 Å². The second-order valence-electron chi connectivity index (χ2n) is 31.2. The molecule has 83 heavy (non-hydrogen) atoms. The number of fused-ring (bicyclic) bond motifs is 40. The molecule has 465 valence electrons. The smallest absolute Gasteiger partial charge is 1.00 e. The Hall–Kier alpha value is 0.723. The zero-order valence-corrected chi connectivity index (χ0v) is 56.9. The van der Waals surface area contributed by atoms with Crippen molar-refractivity contribution in [3.8, 4) is 0 Å². The molecule has 8 saturated carbocycles. The SMILES string of the molecule is C1CCC2C3NC(NC4NC(NC5NC(NC6NC(N3)C3CCCCC63)C3CCCCC53)C3CCCCC43)C2C1.C1CCC2C3NC(NC4NC(NC5NC(NC6NC(N3)C3CCCCC63)C3CCCCC53)C3CCCCC43)C2C1.O.[GaH2].[H-].[H-].[Mg+2]. The third kappa shape index (κ3) is 11.5. The molecule has 18 N–H and O–H groups in total. The molecular weight excluding hydrogens is 1100 g/mol. The summed E-state index contributed by atoms with van der Waals surface area (Å²) in [5.41, 5.74) is 0. The Bertz CT molecular complexity index is 1600. The van der Waals surface area contributed by atoms with Crippen molar-refractivity contribution in [2.24, 2.45) is 94.7 Å². The molecular formula is C64H118GaMgN16O. The summed E-state index contributed by atoms with van der Waals surface area (Å²) in [5, 5.41) is 67.6.